The molecule has 0 saturated carbocycles. The van der Waals surface area contributed by atoms with E-state index in [1.165, 1.54) is 5.56 Å². The number of para-hydroxylation sites is 1. The predicted octanol–water partition coefficient (Wildman–Crippen LogP) is 3.82. The zero-order valence-electron chi connectivity index (χ0n) is 15.9. The number of anilines is 1. The molecule has 2 N–H and O–H groups in total. The van der Waals surface area contributed by atoms with Gasteiger partial charge < -0.3 is 10.5 Å². The van der Waals surface area contributed by atoms with Gasteiger partial charge in [-0.1, -0.05) is 42.5 Å². The summed E-state index contributed by atoms with van der Waals surface area (Å²) in [6, 6.07) is 19.1. The van der Waals surface area contributed by atoms with Crippen molar-refractivity contribution in [2.24, 2.45) is 0 Å². The van der Waals surface area contributed by atoms with Crippen LogP contribution in [0.5, 0.6) is 0 Å². The Labute approximate surface area is 160 Å². The lowest BCUT2D eigenvalue weighted by molar-refractivity contribution is 0.0198. The quantitative estimate of drug-likeness (QED) is 0.766. The van der Waals surface area contributed by atoms with E-state index in [1.807, 2.05) is 41.9 Å². The molecule has 2 aromatic carbocycles. The average Bonchev–Trinajstić information content (AvgIpc) is 3.03. The highest BCUT2D eigenvalue weighted by molar-refractivity contribution is 5.77. The molecule has 1 fully saturated rings. The second kappa shape index (κ2) is 7.55. The molecule has 1 aromatic heterocycles. The van der Waals surface area contributed by atoms with Crippen molar-refractivity contribution < 1.29 is 4.74 Å². The Kier molecular flexibility index (Phi) is 4.97. The van der Waals surface area contributed by atoms with Crippen LogP contribution in [0.15, 0.2) is 54.6 Å². The fourth-order valence-corrected chi connectivity index (χ4v) is 3.77. The third kappa shape index (κ3) is 3.48. The third-order valence-corrected chi connectivity index (χ3v) is 5.37. The number of aromatic nitrogens is 2. The lowest BCUT2D eigenvalue weighted by Crippen LogP contribution is -2.37. The minimum Gasteiger partial charge on any atom is -0.383 e. The van der Waals surface area contributed by atoms with Crippen molar-refractivity contribution in [2.45, 2.75) is 19.9 Å². The Morgan fingerprint density at radius 2 is 1.67 bits per heavy atom. The van der Waals surface area contributed by atoms with Crippen LogP contribution in [0.4, 0.5) is 5.82 Å². The van der Waals surface area contributed by atoms with Crippen molar-refractivity contribution in [1.29, 1.82) is 0 Å². The van der Waals surface area contributed by atoms with E-state index in [2.05, 4.69) is 41.2 Å². The van der Waals surface area contributed by atoms with Gasteiger partial charge in [-0.15, -0.1) is 0 Å². The van der Waals surface area contributed by atoms with E-state index in [1.54, 1.807) is 0 Å². The van der Waals surface area contributed by atoms with Crippen molar-refractivity contribution in [1.82, 2.24) is 14.7 Å². The maximum atomic E-state index is 6.46. The van der Waals surface area contributed by atoms with Crippen LogP contribution in [0, 0.1) is 6.92 Å². The highest BCUT2D eigenvalue weighted by Crippen LogP contribution is 2.32. The summed E-state index contributed by atoms with van der Waals surface area (Å²) in [6.45, 7) is 7.87. The second-order valence-corrected chi connectivity index (χ2v) is 7.04. The first-order valence-corrected chi connectivity index (χ1v) is 9.48. The summed E-state index contributed by atoms with van der Waals surface area (Å²) in [6.07, 6.45) is 0. The van der Waals surface area contributed by atoms with Crippen LogP contribution in [0.25, 0.3) is 16.8 Å². The fourth-order valence-electron chi connectivity index (χ4n) is 3.77. The van der Waals surface area contributed by atoms with Gasteiger partial charge in [0.05, 0.1) is 24.6 Å². The molecule has 2 heterocycles. The second-order valence-electron chi connectivity index (χ2n) is 7.04. The molecule has 5 heteroatoms. The summed E-state index contributed by atoms with van der Waals surface area (Å²) in [5.74, 6) is 0.674. The number of ether oxygens (including phenoxy) is 1. The first-order valence-electron chi connectivity index (χ1n) is 9.48. The minimum absolute atomic E-state index is 0.383. The average molecular weight is 362 g/mol. The van der Waals surface area contributed by atoms with Gasteiger partial charge in [-0.3, -0.25) is 4.90 Å². The van der Waals surface area contributed by atoms with E-state index < -0.39 is 0 Å². The molecular formula is C22H26N4O. The standard InChI is InChI=1S/C22H26N4O/c1-16-21(22(23)26(24-16)20-6-4-3-5-7-20)19-10-8-18(9-11-19)17(2)25-12-14-27-15-13-25/h3-11,17H,12-15,23H2,1-2H3/t17-/m0/s1. The molecule has 5 nitrogen and oxygen atoms in total. The molecular weight excluding hydrogens is 336 g/mol. The normalized spacial score (nSPS) is 16.4. The SMILES string of the molecule is Cc1nn(-c2ccccc2)c(N)c1-c1ccc([C@H](C)N2CCOCC2)cc1. The van der Waals surface area contributed by atoms with Crippen molar-refractivity contribution in [3.8, 4) is 16.8 Å². The first kappa shape index (κ1) is 17.8. The highest BCUT2D eigenvalue weighted by atomic mass is 16.5. The zero-order valence-corrected chi connectivity index (χ0v) is 15.9. The Bertz CT molecular complexity index is 896. The number of aryl methyl sites for hydroxylation is 1. The molecule has 0 bridgehead atoms. The van der Waals surface area contributed by atoms with E-state index in [-0.39, 0.29) is 0 Å². The molecule has 27 heavy (non-hydrogen) atoms. The Balaban J connectivity index is 1.62. The predicted molar refractivity (Wildman–Crippen MR) is 109 cm³/mol. The van der Waals surface area contributed by atoms with Crippen LogP contribution in [0.1, 0.15) is 24.2 Å². The highest BCUT2D eigenvalue weighted by Gasteiger charge is 2.19. The smallest absolute Gasteiger partial charge is 0.135 e. The van der Waals surface area contributed by atoms with Gasteiger partial charge in [0.25, 0.3) is 0 Å². The van der Waals surface area contributed by atoms with Crippen LogP contribution in [0.2, 0.25) is 0 Å². The number of hydrogen-bond donors (Lipinski definition) is 1. The monoisotopic (exact) mass is 362 g/mol. The van der Waals surface area contributed by atoms with Gasteiger partial charge in [-0.05, 0) is 37.1 Å². The summed E-state index contributed by atoms with van der Waals surface area (Å²) >= 11 is 0. The van der Waals surface area contributed by atoms with E-state index >= 15 is 0 Å². The van der Waals surface area contributed by atoms with Crippen LogP contribution < -0.4 is 5.73 Å². The Morgan fingerprint density at radius 1 is 1.00 bits per heavy atom. The molecule has 140 valence electrons. The molecule has 1 saturated heterocycles. The molecule has 4 rings (SSSR count). The largest absolute Gasteiger partial charge is 0.383 e. The Morgan fingerprint density at radius 3 is 2.33 bits per heavy atom. The molecule has 0 amide bonds. The van der Waals surface area contributed by atoms with E-state index in [4.69, 9.17) is 10.5 Å². The number of rotatable bonds is 4. The molecule has 0 unspecified atom stereocenters. The summed E-state index contributed by atoms with van der Waals surface area (Å²) < 4.78 is 7.28. The third-order valence-electron chi connectivity index (χ3n) is 5.37. The number of morpholine rings is 1. The molecule has 1 aliphatic rings. The number of hydrogen-bond acceptors (Lipinski definition) is 4. The number of benzene rings is 2. The fraction of sp³-hybridized carbons (Fsp3) is 0.318. The molecule has 0 spiro atoms. The summed E-state index contributed by atoms with van der Waals surface area (Å²) in [5.41, 5.74) is 11.8. The minimum atomic E-state index is 0.383. The van der Waals surface area contributed by atoms with Gasteiger partial charge in [0.15, 0.2) is 0 Å². The topological polar surface area (TPSA) is 56.3 Å². The number of nitrogens with two attached hydrogens (primary N) is 1. The number of nitrogen functional groups attached to an aromatic ring is 1. The maximum absolute atomic E-state index is 6.46. The van der Waals surface area contributed by atoms with Crippen molar-refractivity contribution in [2.75, 3.05) is 32.0 Å². The van der Waals surface area contributed by atoms with Crippen LogP contribution >= 0.6 is 0 Å². The lowest BCUT2D eigenvalue weighted by atomic mass is 10.0. The molecule has 3 aromatic rings. The summed E-state index contributed by atoms with van der Waals surface area (Å²) in [4.78, 5) is 2.46. The van der Waals surface area contributed by atoms with E-state index in [0.29, 0.717) is 11.9 Å². The van der Waals surface area contributed by atoms with Crippen LogP contribution in [-0.4, -0.2) is 41.0 Å². The summed E-state index contributed by atoms with van der Waals surface area (Å²) in [5, 5.41) is 4.66. The van der Waals surface area contributed by atoms with Gasteiger partial charge in [-0.25, -0.2) is 4.68 Å². The van der Waals surface area contributed by atoms with Gasteiger partial charge in [0, 0.05) is 24.7 Å². The van der Waals surface area contributed by atoms with Gasteiger partial charge in [0.2, 0.25) is 0 Å². The van der Waals surface area contributed by atoms with Crippen LogP contribution in [-0.2, 0) is 4.74 Å². The zero-order chi connectivity index (χ0) is 18.8. The maximum Gasteiger partial charge on any atom is 0.135 e. The van der Waals surface area contributed by atoms with Gasteiger partial charge in [-0.2, -0.15) is 5.10 Å². The van der Waals surface area contributed by atoms with E-state index in [9.17, 15) is 0 Å². The lowest BCUT2D eigenvalue weighted by Gasteiger charge is -2.32. The van der Waals surface area contributed by atoms with Gasteiger partial charge in [0.1, 0.15) is 5.82 Å². The van der Waals surface area contributed by atoms with Gasteiger partial charge >= 0.3 is 0 Å². The number of nitrogens with zero attached hydrogens (tertiary/aromatic N) is 3. The molecule has 1 atom stereocenters. The van der Waals surface area contributed by atoms with Crippen LogP contribution in [0.3, 0.4) is 0 Å². The first-order chi connectivity index (χ1) is 13.1. The molecule has 0 aliphatic carbocycles. The Hall–Kier alpha value is -2.63. The van der Waals surface area contributed by atoms with Crippen molar-refractivity contribution >= 4 is 5.82 Å². The molecule has 0 radical (unpaired) electrons. The molecule has 1 aliphatic heterocycles. The van der Waals surface area contributed by atoms with Crippen molar-refractivity contribution in [3.63, 3.8) is 0 Å². The summed E-state index contributed by atoms with van der Waals surface area (Å²) in [7, 11) is 0. The van der Waals surface area contributed by atoms with Crippen molar-refractivity contribution in [3.05, 3.63) is 65.9 Å². The van der Waals surface area contributed by atoms with E-state index in [0.717, 1.165) is 48.8 Å².